The van der Waals surface area contributed by atoms with Crippen LogP contribution in [0.4, 0.5) is 0 Å². The lowest BCUT2D eigenvalue weighted by Crippen LogP contribution is -2.01. The van der Waals surface area contributed by atoms with Gasteiger partial charge >= 0.3 is 0 Å². The maximum absolute atomic E-state index is 11.1. The first-order valence-electron chi connectivity index (χ1n) is 6.66. The van der Waals surface area contributed by atoms with Gasteiger partial charge in [0, 0.05) is 22.8 Å². The quantitative estimate of drug-likeness (QED) is 0.687. The molecule has 0 N–H and O–H groups in total. The molecule has 2 aromatic heterocycles. The molecule has 0 unspecified atom stereocenters. The fourth-order valence-corrected chi connectivity index (χ4v) is 2.21. The molecule has 0 atom stereocenters. The van der Waals surface area contributed by atoms with Crippen LogP contribution in [0.5, 0.6) is 5.75 Å². The summed E-state index contributed by atoms with van der Waals surface area (Å²) in [7, 11) is 0. The minimum atomic E-state index is 0.327. The van der Waals surface area contributed by atoms with Crippen LogP contribution in [0.3, 0.4) is 0 Å². The van der Waals surface area contributed by atoms with Gasteiger partial charge in [-0.1, -0.05) is 18.2 Å². The number of aldehydes is 1. The predicted octanol–water partition coefficient (Wildman–Crippen LogP) is 3.33. The van der Waals surface area contributed by atoms with E-state index in [1.165, 1.54) is 0 Å². The molecule has 4 nitrogen and oxygen atoms in total. The van der Waals surface area contributed by atoms with Crippen molar-refractivity contribution in [2.45, 2.75) is 13.5 Å². The van der Waals surface area contributed by atoms with Gasteiger partial charge in [-0.2, -0.15) is 0 Å². The van der Waals surface area contributed by atoms with Crippen LogP contribution in [0.25, 0.3) is 10.9 Å². The highest BCUT2D eigenvalue weighted by Crippen LogP contribution is 2.20. The second-order valence-corrected chi connectivity index (χ2v) is 4.73. The van der Waals surface area contributed by atoms with Crippen LogP contribution in [0.1, 0.15) is 21.7 Å². The molecule has 104 valence electrons. The number of pyridine rings is 2. The summed E-state index contributed by atoms with van der Waals surface area (Å²) in [6.45, 7) is 2.21. The monoisotopic (exact) mass is 278 g/mol. The number of ether oxygens (including phenoxy) is 1. The van der Waals surface area contributed by atoms with Gasteiger partial charge in [-0.25, -0.2) is 4.98 Å². The number of nitrogens with zero attached hydrogens (tertiary/aromatic N) is 2. The van der Waals surface area contributed by atoms with Crippen molar-refractivity contribution in [2.75, 3.05) is 0 Å². The van der Waals surface area contributed by atoms with E-state index < -0.39 is 0 Å². The first kappa shape index (κ1) is 13.2. The van der Waals surface area contributed by atoms with E-state index in [9.17, 15) is 4.79 Å². The Balaban J connectivity index is 1.89. The number of aryl methyl sites for hydroxylation is 1. The molecule has 4 heteroatoms. The molecule has 0 amide bonds. The van der Waals surface area contributed by atoms with Gasteiger partial charge in [0.2, 0.25) is 0 Å². The van der Waals surface area contributed by atoms with Gasteiger partial charge in [0.25, 0.3) is 0 Å². The standard InChI is InChI=1S/C17H14N2O2/c1-12-6-7-17(16(10-20)19-12)21-11-13-8-9-18-15-5-3-2-4-14(13)15/h2-10H,11H2,1H3. The largest absolute Gasteiger partial charge is 0.486 e. The van der Waals surface area contributed by atoms with Crippen molar-refractivity contribution in [1.29, 1.82) is 0 Å². The minimum absolute atomic E-state index is 0.327. The minimum Gasteiger partial charge on any atom is -0.486 e. The molecule has 0 aliphatic heterocycles. The zero-order chi connectivity index (χ0) is 14.7. The lowest BCUT2D eigenvalue weighted by atomic mass is 10.1. The molecule has 3 rings (SSSR count). The Kier molecular flexibility index (Phi) is 3.60. The van der Waals surface area contributed by atoms with Crippen molar-refractivity contribution in [1.82, 2.24) is 9.97 Å². The Labute approximate surface area is 122 Å². The van der Waals surface area contributed by atoms with Crippen molar-refractivity contribution >= 4 is 17.2 Å². The molecule has 0 saturated carbocycles. The lowest BCUT2D eigenvalue weighted by molar-refractivity contribution is 0.111. The van der Waals surface area contributed by atoms with E-state index in [-0.39, 0.29) is 0 Å². The molecular weight excluding hydrogens is 264 g/mol. The Bertz CT molecular complexity index is 794. The van der Waals surface area contributed by atoms with Gasteiger partial charge in [0.15, 0.2) is 6.29 Å². The van der Waals surface area contributed by atoms with Gasteiger partial charge < -0.3 is 4.74 Å². The molecule has 0 aliphatic rings. The zero-order valence-electron chi connectivity index (χ0n) is 11.6. The smallest absolute Gasteiger partial charge is 0.172 e. The summed E-state index contributed by atoms with van der Waals surface area (Å²) in [5, 5.41) is 1.05. The summed E-state index contributed by atoms with van der Waals surface area (Å²) in [6, 6.07) is 13.4. The van der Waals surface area contributed by atoms with Crippen LogP contribution < -0.4 is 4.74 Å². The van der Waals surface area contributed by atoms with Gasteiger partial charge in [0.1, 0.15) is 18.1 Å². The average molecular weight is 278 g/mol. The average Bonchev–Trinajstić information content (AvgIpc) is 2.53. The number of carbonyl (C=O) groups is 1. The Morgan fingerprint density at radius 2 is 2.00 bits per heavy atom. The molecule has 0 bridgehead atoms. The number of benzene rings is 1. The molecule has 0 spiro atoms. The molecule has 1 aromatic carbocycles. The highest BCUT2D eigenvalue weighted by atomic mass is 16.5. The number of fused-ring (bicyclic) bond motifs is 1. The fourth-order valence-electron chi connectivity index (χ4n) is 2.21. The van der Waals surface area contributed by atoms with Crippen LogP contribution in [0, 0.1) is 6.92 Å². The van der Waals surface area contributed by atoms with Gasteiger partial charge in [0.05, 0.1) is 5.52 Å². The lowest BCUT2D eigenvalue weighted by Gasteiger charge is -2.10. The maximum atomic E-state index is 11.1. The van der Waals surface area contributed by atoms with E-state index in [1.807, 2.05) is 43.3 Å². The van der Waals surface area contributed by atoms with Crippen LogP contribution in [0.2, 0.25) is 0 Å². The third-order valence-electron chi connectivity index (χ3n) is 3.26. The summed E-state index contributed by atoms with van der Waals surface area (Å²) in [5.74, 6) is 0.497. The van der Waals surface area contributed by atoms with Crippen LogP contribution in [0.15, 0.2) is 48.7 Å². The van der Waals surface area contributed by atoms with Crippen molar-refractivity contribution in [2.24, 2.45) is 0 Å². The maximum Gasteiger partial charge on any atom is 0.172 e. The topological polar surface area (TPSA) is 52.1 Å². The van der Waals surface area contributed by atoms with Crippen molar-refractivity contribution in [3.05, 3.63) is 65.6 Å². The fraction of sp³-hybridized carbons (Fsp3) is 0.118. The van der Waals surface area contributed by atoms with E-state index >= 15 is 0 Å². The molecule has 2 heterocycles. The molecule has 21 heavy (non-hydrogen) atoms. The molecule has 3 aromatic rings. The van der Waals surface area contributed by atoms with E-state index in [2.05, 4.69) is 9.97 Å². The Morgan fingerprint density at radius 1 is 1.14 bits per heavy atom. The summed E-state index contributed by atoms with van der Waals surface area (Å²) < 4.78 is 5.76. The van der Waals surface area contributed by atoms with E-state index in [4.69, 9.17) is 4.74 Å². The highest BCUT2D eigenvalue weighted by molar-refractivity contribution is 5.81. The van der Waals surface area contributed by atoms with Crippen LogP contribution in [-0.4, -0.2) is 16.3 Å². The van der Waals surface area contributed by atoms with E-state index in [1.54, 1.807) is 12.3 Å². The second kappa shape index (κ2) is 5.71. The third-order valence-corrected chi connectivity index (χ3v) is 3.26. The van der Waals surface area contributed by atoms with Gasteiger partial charge in [-0.15, -0.1) is 0 Å². The van der Waals surface area contributed by atoms with Gasteiger partial charge in [-0.3, -0.25) is 9.78 Å². The number of hydrogen-bond acceptors (Lipinski definition) is 4. The van der Waals surface area contributed by atoms with Crippen LogP contribution >= 0.6 is 0 Å². The number of hydrogen-bond donors (Lipinski definition) is 0. The SMILES string of the molecule is Cc1ccc(OCc2ccnc3ccccc23)c(C=O)n1. The molecule has 0 fully saturated rings. The summed E-state index contributed by atoms with van der Waals surface area (Å²) >= 11 is 0. The first-order valence-corrected chi connectivity index (χ1v) is 6.66. The molecular formula is C17H14N2O2. The summed E-state index contributed by atoms with van der Waals surface area (Å²) in [4.78, 5) is 19.5. The first-order chi connectivity index (χ1) is 10.3. The van der Waals surface area contributed by atoms with Gasteiger partial charge in [-0.05, 0) is 31.2 Å². The number of carbonyl (C=O) groups excluding carboxylic acids is 1. The molecule has 0 saturated heterocycles. The zero-order valence-corrected chi connectivity index (χ0v) is 11.6. The van der Waals surface area contributed by atoms with E-state index in [0.717, 1.165) is 22.2 Å². The van der Waals surface area contributed by atoms with Crippen molar-refractivity contribution < 1.29 is 9.53 Å². The second-order valence-electron chi connectivity index (χ2n) is 4.73. The third kappa shape index (κ3) is 2.74. The van der Waals surface area contributed by atoms with Crippen molar-refractivity contribution in [3.63, 3.8) is 0 Å². The Hall–Kier alpha value is -2.75. The van der Waals surface area contributed by atoms with Crippen molar-refractivity contribution in [3.8, 4) is 5.75 Å². The number of para-hydroxylation sites is 1. The molecule has 0 aliphatic carbocycles. The summed E-state index contributed by atoms with van der Waals surface area (Å²) in [5.41, 5.74) is 3.07. The summed E-state index contributed by atoms with van der Waals surface area (Å²) in [6.07, 6.45) is 2.47. The normalized spacial score (nSPS) is 10.5. The van der Waals surface area contributed by atoms with Crippen LogP contribution in [-0.2, 0) is 6.61 Å². The predicted molar refractivity (Wildman–Crippen MR) is 80.4 cm³/mol. The molecule has 0 radical (unpaired) electrons. The number of rotatable bonds is 4. The Morgan fingerprint density at radius 3 is 2.86 bits per heavy atom. The van der Waals surface area contributed by atoms with E-state index in [0.29, 0.717) is 24.3 Å². The highest BCUT2D eigenvalue weighted by Gasteiger charge is 2.07. The number of aromatic nitrogens is 2.